The summed E-state index contributed by atoms with van der Waals surface area (Å²) in [6.45, 7) is 2.17. The zero-order valence-corrected chi connectivity index (χ0v) is 11.3. The largest absolute Gasteiger partial charge is 0.389 e. The summed E-state index contributed by atoms with van der Waals surface area (Å²) < 4.78 is 1.06. The fourth-order valence-corrected chi connectivity index (χ4v) is 1.95. The van der Waals surface area contributed by atoms with Crippen molar-refractivity contribution in [3.8, 4) is 0 Å². The van der Waals surface area contributed by atoms with Crippen molar-refractivity contribution in [1.29, 1.82) is 0 Å². The summed E-state index contributed by atoms with van der Waals surface area (Å²) in [7, 11) is 0. The number of benzene rings is 1. The van der Waals surface area contributed by atoms with Crippen LogP contribution in [0.25, 0.3) is 6.08 Å². The van der Waals surface area contributed by atoms with Crippen LogP contribution in [0.15, 0.2) is 34.8 Å². The second kappa shape index (κ2) is 7.64. The van der Waals surface area contributed by atoms with E-state index in [1.165, 1.54) is 12.8 Å². The highest BCUT2D eigenvalue weighted by atomic mass is 79.9. The van der Waals surface area contributed by atoms with Gasteiger partial charge in [0.1, 0.15) is 0 Å². The first-order chi connectivity index (χ1) is 7.72. The minimum atomic E-state index is -0.314. The van der Waals surface area contributed by atoms with Crippen molar-refractivity contribution in [3.05, 3.63) is 40.4 Å². The molecule has 0 bridgehead atoms. The third-order valence-electron chi connectivity index (χ3n) is 2.46. The van der Waals surface area contributed by atoms with Crippen LogP contribution in [-0.4, -0.2) is 11.2 Å². The van der Waals surface area contributed by atoms with Gasteiger partial charge in [-0.15, -0.1) is 0 Å². The van der Waals surface area contributed by atoms with Crippen LogP contribution in [0.5, 0.6) is 0 Å². The fourth-order valence-electron chi connectivity index (χ4n) is 1.53. The number of hydrogen-bond donors (Lipinski definition) is 1. The predicted molar refractivity (Wildman–Crippen MR) is 73.3 cm³/mol. The maximum atomic E-state index is 9.71. The van der Waals surface area contributed by atoms with Crippen molar-refractivity contribution in [3.63, 3.8) is 0 Å². The van der Waals surface area contributed by atoms with Crippen molar-refractivity contribution in [2.24, 2.45) is 0 Å². The molecule has 0 amide bonds. The van der Waals surface area contributed by atoms with E-state index in [1.807, 2.05) is 36.4 Å². The average Bonchev–Trinajstić information content (AvgIpc) is 2.27. The lowest BCUT2D eigenvalue weighted by Gasteiger charge is -2.04. The lowest BCUT2D eigenvalue weighted by molar-refractivity contribution is 0.209. The van der Waals surface area contributed by atoms with E-state index in [2.05, 4.69) is 22.9 Å². The first kappa shape index (κ1) is 13.5. The molecule has 1 aromatic carbocycles. The molecule has 0 aromatic heterocycles. The number of hydrogen-bond acceptors (Lipinski definition) is 1. The SMILES string of the molecule is CCCCCC(O)/C=C\c1cccc(Br)c1. The molecule has 1 rings (SSSR count). The third-order valence-corrected chi connectivity index (χ3v) is 2.96. The van der Waals surface area contributed by atoms with Crippen LogP contribution in [0.4, 0.5) is 0 Å². The van der Waals surface area contributed by atoms with Crippen LogP contribution in [0.1, 0.15) is 38.2 Å². The first-order valence-electron chi connectivity index (χ1n) is 5.84. The molecular weight excluding hydrogens is 264 g/mol. The quantitative estimate of drug-likeness (QED) is 0.767. The van der Waals surface area contributed by atoms with E-state index in [9.17, 15) is 5.11 Å². The van der Waals surface area contributed by atoms with E-state index < -0.39 is 0 Å². The average molecular weight is 283 g/mol. The molecule has 0 aliphatic heterocycles. The summed E-state index contributed by atoms with van der Waals surface area (Å²) >= 11 is 3.42. The van der Waals surface area contributed by atoms with Crippen molar-refractivity contribution < 1.29 is 5.11 Å². The van der Waals surface area contributed by atoms with E-state index >= 15 is 0 Å². The Morgan fingerprint density at radius 2 is 2.19 bits per heavy atom. The molecule has 0 radical (unpaired) electrons. The molecule has 1 unspecified atom stereocenters. The molecule has 0 aliphatic carbocycles. The van der Waals surface area contributed by atoms with Gasteiger partial charge < -0.3 is 5.11 Å². The summed E-state index contributed by atoms with van der Waals surface area (Å²) in [5, 5.41) is 9.71. The van der Waals surface area contributed by atoms with Gasteiger partial charge in [-0.2, -0.15) is 0 Å². The minimum absolute atomic E-state index is 0.314. The van der Waals surface area contributed by atoms with Crippen molar-refractivity contribution in [2.75, 3.05) is 0 Å². The van der Waals surface area contributed by atoms with Crippen LogP contribution in [0.3, 0.4) is 0 Å². The Balaban J connectivity index is 2.40. The summed E-state index contributed by atoms with van der Waals surface area (Å²) in [6, 6.07) is 8.05. The van der Waals surface area contributed by atoms with Gasteiger partial charge in [0.25, 0.3) is 0 Å². The van der Waals surface area contributed by atoms with Crippen LogP contribution in [-0.2, 0) is 0 Å². The standard InChI is InChI=1S/C14H19BrO/c1-2-3-4-8-14(16)10-9-12-6-5-7-13(15)11-12/h5-7,9-11,14,16H,2-4,8H2,1H3/b10-9-. The summed E-state index contributed by atoms with van der Waals surface area (Å²) in [5.41, 5.74) is 1.11. The smallest absolute Gasteiger partial charge is 0.0724 e. The van der Waals surface area contributed by atoms with Gasteiger partial charge in [0.15, 0.2) is 0 Å². The number of unbranched alkanes of at least 4 members (excludes halogenated alkanes) is 2. The maximum absolute atomic E-state index is 9.71. The molecule has 0 saturated carbocycles. The molecule has 0 heterocycles. The number of rotatable bonds is 6. The molecule has 1 aromatic rings. The van der Waals surface area contributed by atoms with Crippen molar-refractivity contribution in [1.82, 2.24) is 0 Å². The Bertz CT molecular complexity index is 333. The van der Waals surface area contributed by atoms with E-state index in [4.69, 9.17) is 0 Å². The maximum Gasteiger partial charge on any atom is 0.0724 e. The predicted octanol–water partition coefficient (Wildman–Crippen LogP) is 4.40. The van der Waals surface area contributed by atoms with Crippen LogP contribution < -0.4 is 0 Å². The zero-order valence-electron chi connectivity index (χ0n) is 9.70. The van der Waals surface area contributed by atoms with E-state index in [0.29, 0.717) is 0 Å². The van der Waals surface area contributed by atoms with Gasteiger partial charge in [0, 0.05) is 4.47 Å². The molecule has 1 atom stereocenters. The summed E-state index contributed by atoms with van der Waals surface area (Å²) in [4.78, 5) is 0. The number of aliphatic hydroxyl groups excluding tert-OH is 1. The first-order valence-corrected chi connectivity index (χ1v) is 6.63. The molecule has 0 fully saturated rings. The lowest BCUT2D eigenvalue weighted by Crippen LogP contribution is -2.00. The summed E-state index contributed by atoms with van der Waals surface area (Å²) in [6.07, 6.45) is 7.88. The third kappa shape index (κ3) is 5.47. The van der Waals surface area contributed by atoms with Crippen LogP contribution in [0, 0.1) is 0 Å². The van der Waals surface area contributed by atoms with E-state index in [1.54, 1.807) is 0 Å². The Kier molecular flexibility index (Phi) is 6.43. The highest BCUT2D eigenvalue weighted by Gasteiger charge is 1.98. The molecular formula is C14H19BrO. The van der Waals surface area contributed by atoms with Gasteiger partial charge >= 0.3 is 0 Å². The van der Waals surface area contributed by atoms with Crippen LogP contribution in [0.2, 0.25) is 0 Å². The minimum Gasteiger partial charge on any atom is -0.389 e. The normalized spacial score (nSPS) is 13.2. The van der Waals surface area contributed by atoms with Gasteiger partial charge in [-0.1, -0.05) is 66.4 Å². The molecule has 16 heavy (non-hydrogen) atoms. The molecule has 0 aliphatic rings. The summed E-state index contributed by atoms with van der Waals surface area (Å²) in [5.74, 6) is 0. The van der Waals surface area contributed by atoms with Gasteiger partial charge in [0.2, 0.25) is 0 Å². The number of halogens is 1. The molecule has 1 N–H and O–H groups in total. The van der Waals surface area contributed by atoms with E-state index in [0.717, 1.165) is 22.9 Å². The Labute approximate surface area is 106 Å². The molecule has 0 saturated heterocycles. The Hall–Kier alpha value is -0.600. The monoisotopic (exact) mass is 282 g/mol. The van der Waals surface area contributed by atoms with E-state index in [-0.39, 0.29) is 6.10 Å². The molecule has 1 nitrogen and oxygen atoms in total. The zero-order chi connectivity index (χ0) is 11.8. The lowest BCUT2D eigenvalue weighted by atomic mass is 10.1. The second-order valence-electron chi connectivity index (χ2n) is 3.98. The van der Waals surface area contributed by atoms with Gasteiger partial charge in [-0.05, 0) is 24.1 Å². The Morgan fingerprint density at radius 1 is 1.38 bits per heavy atom. The highest BCUT2D eigenvalue weighted by molar-refractivity contribution is 9.10. The van der Waals surface area contributed by atoms with Gasteiger partial charge in [0.05, 0.1) is 6.10 Å². The molecule has 88 valence electrons. The highest BCUT2D eigenvalue weighted by Crippen LogP contribution is 2.13. The molecule has 2 heteroatoms. The number of aliphatic hydroxyl groups is 1. The van der Waals surface area contributed by atoms with Gasteiger partial charge in [-0.3, -0.25) is 0 Å². The molecule has 0 spiro atoms. The van der Waals surface area contributed by atoms with Crippen LogP contribution >= 0.6 is 15.9 Å². The fraction of sp³-hybridized carbons (Fsp3) is 0.429. The van der Waals surface area contributed by atoms with Crippen molar-refractivity contribution in [2.45, 2.75) is 38.7 Å². The Morgan fingerprint density at radius 3 is 2.88 bits per heavy atom. The second-order valence-corrected chi connectivity index (χ2v) is 4.89. The topological polar surface area (TPSA) is 20.2 Å². The van der Waals surface area contributed by atoms with Crippen molar-refractivity contribution >= 4 is 22.0 Å². The van der Waals surface area contributed by atoms with Gasteiger partial charge in [-0.25, -0.2) is 0 Å².